The fraction of sp³-hybridized carbons (Fsp3) is 0.188. The second kappa shape index (κ2) is 10.4. The van der Waals surface area contributed by atoms with Crippen LogP contribution < -0.4 is 19.5 Å². The molecule has 186 valence electrons. The third-order valence-corrected chi connectivity index (χ3v) is 6.93. The number of rotatable bonds is 8. The maximum atomic E-state index is 6.11. The summed E-state index contributed by atoms with van der Waals surface area (Å²) in [6.07, 6.45) is 0.962. The van der Waals surface area contributed by atoms with Gasteiger partial charge in [-0.1, -0.05) is 66.7 Å². The average Bonchev–Trinajstić information content (AvgIpc) is 3.34. The normalized spacial score (nSPS) is 14.8. The molecule has 1 atom stereocenters. The van der Waals surface area contributed by atoms with Gasteiger partial charge in [-0.2, -0.15) is 0 Å². The van der Waals surface area contributed by atoms with Crippen LogP contribution in [-0.2, 0) is 19.6 Å². The molecule has 0 saturated heterocycles. The highest BCUT2D eigenvalue weighted by Crippen LogP contribution is 2.38. The lowest BCUT2D eigenvalue weighted by molar-refractivity contribution is 0.284. The molecule has 0 radical (unpaired) electrons. The summed E-state index contributed by atoms with van der Waals surface area (Å²) in [5, 5.41) is 4.91. The summed E-state index contributed by atoms with van der Waals surface area (Å²) in [5.74, 6) is 2.35. The van der Waals surface area contributed by atoms with Crippen molar-refractivity contribution in [2.24, 2.45) is 0 Å². The maximum absolute atomic E-state index is 6.11. The van der Waals surface area contributed by atoms with Crippen LogP contribution in [0.2, 0.25) is 0 Å². The molecule has 0 amide bonds. The van der Waals surface area contributed by atoms with Gasteiger partial charge in [0.15, 0.2) is 11.5 Å². The summed E-state index contributed by atoms with van der Waals surface area (Å²) in [4.78, 5) is 3.67. The van der Waals surface area contributed by atoms with E-state index in [-0.39, 0.29) is 6.04 Å². The van der Waals surface area contributed by atoms with Crippen LogP contribution in [0.4, 0.5) is 0 Å². The number of aromatic amines is 1. The Kier molecular flexibility index (Phi) is 6.53. The highest BCUT2D eigenvalue weighted by molar-refractivity contribution is 5.86. The summed E-state index contributed by atoms with van der Waals surface area (Å²) >= 11 is 0. The molecule has 5 heteroatoms. The van der Waals surface area contributed by atoms with Gasteiger partial charge in [-0.3, -0.25) is 0 Å². The number of H-pyrrole nitrogens is 1. The fourth-order valence-corrected chi connectivity index (χ4v) is 5.04. The summed E-state index contributed by atoms with van der Waals surface area (Å²) in [5.41, 5.74) is 7.08. The third-order valence-electron chi connectivity index (χ3n) is 6.93. The van der Waals surface area contributed by atoms with Crippen LogP contribution in [0.5, 0.6) is 17.2 Å². The second-order valence-electron chi connectivity index (χ2n) is 9.32. The van der Waals surface area contributed by atoms with Crippen molar-refractivity contribution in [3.63, 3.8) is 0 Å². The van der Waals surface area contributed by atoms with Gasteiger partial charge in [0.1, 0.15) is 19.0 Å². The number of hydrogen-bond acceptors (Lipinski definition) is 4. The third kappa shape index (κ3) is 4.91. The number of methoxy groups -OCH3 is 1. The fourth-order valence-electron chi connectivity index (χ4n) is 5.04. The molecule has 0 aliphatic carbocycles. The molecule has 0 bridgehead atoms. The van der Waals surface area contributed by atoms with E-state index >= 15 is 0 Å². The van der Waals surface area contributed by atoms with Gasteiger partial charge in [-0.25, -0.2) is 0 Å². The minimum absolute atomic E-state index is 0.0434. The zero-order valence-electron chi connectivity index (χ0n) is 20.9. The Morgan fingerprint density at radius 1 is 0.757 bits per heavy atom. The Hall–Kier alpha value is -4.22. The first kappa shape index (κ1) is 23.2. The van der Waals surface area contributed by atoms with Crippen LogP contribution in [0.1, 0.15) is 34.0 Å². The molecule has 2 heterocycles. The first-order chi connectivity index (χ1) is 18.3. The maximum Gasteiger partial charge on any atom is 0.161 e. The molecule has 37 heavy (non-hydrogen) atoms. The van der Waals surface area contributed by atoms with E-state index in [2.05, 4.69) is 58.8 Å². The SMILES string of the molecule is COc1cc(C2NCCc3c2[nH]c2ccc(OCc4ccccc4)cc32)ccc1OCc1ccccc1. The highest BCUT2D eigenvalue weighted by Gasteiger charge is 2.26. The Labute approximate surface area is 217 Å². The minimum atomic E-state index is 0.0434. The van der Waals surface area contributed by atoms with Crippen LogP contribution in [0, 0.1) is 0 Å². The largest absolute Gasteiger partial charge is 0.493 e. The van der Waals surface area contributed by atoms with E-state index in [1.54, 1.807) is 7.11 Å². The van der Waals surface area contributed by atoms with E-state index in [0.29, 0.717) is 13.2 Å². The van der Waals surface area contributed by atoms with Crippen LogP contribution >= 0.6 is 0 Å². The van der Waals surface area contributed by atoms with Gasteiger partial charge in [-0.15, -0.1) is 0 Å². The number of benzene rings is 4. The van der Waals surface area contributed by atoms with E-state index in [0.717, 1.165) is 52.4 Å². The van der Waals surface area contributed by atoms with Gasteiger partial charge < -0.3 is 24.5 Å². The summed E-state index contributed by atoms with van der Waals surface area (Å²) in [6.45, 7) is 1.95. The molecule has 0 saturated carbocycles. The molecular formula is C32H30N2O3. The molecule has 0 spiro atoms. The van der Waals surface area contributed by atoms with Crippen molar-refractivity contribution in [2.75, 3.05) is 13.7 Å². The average molecular weight is 491 g/mol. The van der Waals surface area contributed by atoms with Crippen molar-refractivity contribution in [2.45, 2.75) is 25.7 Å². The summed E-state index contributed by atoms with van der Waals surface area (Å²) < 4.78 is 17.9. The van der Waals surface area contributed by atoms with Crippen molar-refractivity contribution in [3.8, 4) is 17.2 Å². The molecule has 1 aliphatic heterocycles. The quantitative estimate of drug-likeness (QED) is 0.258. The Morgan fingerprint density at radius 3 is 2.22 bits per heavy atom. The first-order valence-corrected chi connectivity index (χ1v) is 12.7. The van der Waals surface area contributed by atoms with E-state index in [1.807, 2.05) is 48.5 Å². The van der Waals surface area contributed by atoms with Crippen LogP contribution in [0.15, 0.2) is 97.1 Å². The molecule has 1 unspecified atom stereocenters. The van der Waals surface area contributed by atoms with Crippen molar-refractivity contribution in [1.82, 2.24) is 10.3 Å². The summed E-state index contributed by atoms with van der Waals surface area (Å²) in [7, 11) is 1.69. The van der Waals surface area contributed by atoms with Crippen molar-refractivity contribution >= 4 is 10.9 Å². The molecule has 1 aliphatic rings. The minimum Gasteiger partial charge on any atom is -0.493 e. The number of nitrogens with one attached hydrogen (secondary N) is 2. The van der Waals surface area contributed by atoms with E-state index < -0.39 is 0 Å². The van der Waals surface area contributed by atoms with Crippen LogP contribution in [-0.4, -0.2) is 18.6 Å². The first-order valence-electron chi connectivity index (χ1n) is 12.7. The smallest absolute Gasteiger partial charge is 0.161 e. The number of fused-ring (bicyclic) bond motifs is 3. The number of hydrogen-bond donors (Lipinski definition) is 2. The van der Waals surface area contributed by atoms with Crippen LogP contribution in [0.3, 0.4) is 0 Å². The molecule has 1 aromatic heterocycles. The molecule has 6 rings (SSSR count). The monoisotopic (exact) mass is 490 g/mol. The van der Waals surface area contributed by atoms with Crippen molar-refractivity contribution in [1.29, 1.82) is 0 Å². The van der Waals surface area contributed by atoms with Crippen LogP contribution in [0.25, 0.3) is 10.9 Å². The Balaban J connectivity index is 1.25. The van der Waals surface area contributed by atoms with Gasteiger partial charge in [0.2, 0.25) is 0 Å². The molecule has 5 aromatic rings. The molecule has 0 fully saturated rings. The van der Waals surface area contributed by atoms with Gasteiger partial charge in [0.25, 0.3) is 0 Å². The predicted octanol–water partition coefficient (Wildman–Crippen LogP) is 6.57. The van der Waals surface area contributed by atoms with E-state index in [4.69, 9.17) is 14.2 Å². The standard InChI is InChI=1S/C32H30N2O3/c1-35-30-18-24(12-15-29(30)37-21-23-10-6-3-7-11-23)31-32-26(16-17-33-31)27-19-25(13-14-28(27)34-32)36-20-22-8-4-2-5-9-22/h2-15,18-19,31,33-34H,16-17,20-21H2,1H3. The van der Waals surface area contributed by atoms with Crippen molar-refractivity contribution in [3.05, 3.63) is 125 Å². The second-order valence-corrected chi connectivity index (χ2v) is 9.32. The van der Waals surface area contributed by atoms with E-state index in [1.165, 1.54) is 16.6 Å². The number of ether oxygens (including phenoxy) is 3. The predicted molar refractivity (Wildman–Crippen MR) is 146 cm³/mol. The molecule has 2 N–H and O–H groups in total. The highest BCUT2D eigenvalue weighted by atomic mass is 16.5. The molecule has 5 nitrogen and oxygen atoms in total. The van der Waals surface area contributed by atoms with Gasteiger partial charge in [0, 0.05) is 23.1 Å². The molecular weight excluding hydrogens is 460 g/mol. The van der Waals surface area contributed by atoms with Crippen molar-refractivity contribution < 1.29 is 14.2 Å². The summed E-state index contributed by atoms with van der Waals surface area (Å²) in [6, 6.07) is 33.0. The van der Waals surface area contributed by atoms with Gasteiger partial charge >= 0.3 is 0 Å². The zero-order valence-corrected chi connectivity index (χ0v) is 20.9. The lowest BCUT2D eigenvalue weighted by atomic mass is 9.94. The topological polar surface area (TPSA) is 55.5 Å². The lowest BCUT2D eigenvalue weighted by Crippen LogP contribution is -2.30. The van der Waals surface area contributed by atoms with Gasteiger partial charge in [0.05, 0.1) is 13.2 Å². The van der Waals surface area contributed by atoms with E-state index in [9.17, 15) is 0 Å². The van der Waals surface area contributed by atoms with Gasteiger partial charge in [-0.05, 0) is 59.0 Å². The lowest BCUT2D eigenvalue weighted by Gasteiger charge is -2.25. The molecule has 4 aromatic carbocycles. The zero-order chi connectivity index (χ0) is 25.0. The Bertz CT molecular complexity index is 1500. The number of aromatic nitrogens is 1. The Morgan fingerprint density at radius 2 is 1.49 bits per heavy atom.